The molecule has 1 atom stereocenters. The number of nitrogens with zero attached hydrogens (tertiary/aromatic N) is 1. The van der Waals surface area contributed by atoms with Gasteiger partial charge in [-0.2, -0.15) is 5.43 Å². The summed E-state index contributed by atoms with van der Waals surface area (Å²) in [4.78, 5) is 0. The van der Waals surface area contributed by atoms with E-state index in [2.05, 4.69) is 17.7 Å². The number of benzene rings is 2. The van der Waals surface area contributed by atoms with E-state index in [0.29, 0.717) is 15.2 Å². The van der Waals surface area contributed by atoms with Crippen LogP contribution in [0.2, 0.25) is 10.0 Å². The molecule has 1 heterocycles. The quantitative estimate of drug-likeness (QED) is 0.798. The van der Waals surface area contributed by atoms with Crippen molar-refractivity contribution in [2.24, 2.45) is 0 Å². The SMILES string of the molecule is CC[C@@]1(c2ccc(Cl)cc2)NC(=S)N(c2ccc(Cl)cc2)N1. The summed E-state index contributed by atoms with van der Waals surface area (Å²) in [6.07, 6.45) is 0.818. The second-order valence-corrected chi connectivity index (χ2v) is 6.38. The lowest BCUT2D eigenvalue weighted by molar-refractivity contribution is 0.337. The lowest BCUT2D eigenvalue weighted by Gasteiger charge is -2.29. The summed E-state index contributed by atoms with van der Waals surface area (Å²) in [5.41, 5.74) is 5.05. The summed E-state index contributed by atoms with van der Waals surface area (Å²) in [5, 5.41) is 7.28. The van der Waals surface area contributed by atoms with Crippen LogP contribution >= 0.6 is 35.4 Å². The van der Waals surface area contributed by atoms with Gasteiger partial charge in [0.15, 0.2) is 5.11 Å². The van der Waals surface area contributed by atoms with E-state index in [1.165, 1.54) is 0 Å². The average molecular weight is 352 g/mol. The highest BCUT2D eigenvalue weighted by Crippen LogP contribution is 2.30. The predicted octanol–water partition coefficient (Wildman–Crippen LogP) is 4.46. The van der Waals surface area contributed by atoms with Crippen LogP contribution in [0.4, 0.5) is 5.69 Å². The molecular formula is C16H15Cl2N3S. The average Bonchev–Trinajstić information content (AvgIpc) is 2.87. The van der Waals surface area contributed by atoms with Crippen molar-refractivity contribution in [2.75, 3.05) is 5.01 Å². The van der Waals surface area contributed by atoms with Gasteiger partial charge in [-0.15, -0.1) is 0 Å². The maximum Gasteiger partial charge on any atom is 0.190 e. The smallest absolute Gasteiger partial charge is 0.190 e. The summed E-state index contributed by atoms with van der Waals surface area (Å²) in [5.74, 6) is 0. The lowest BCUT2D eigenvalue weighted by atomic mass is 9.98. The zero-order valence-electron chi connectivity index (χ0n) is 11.9. The second kappa shape index (κ2) is 6.05. The molecule has 3 nitrogen and oxygen atoms in total. The van der Waals surface area contributed by atoms with Gasteiger partial charge < -0.3 is 5.32 Å². The Labute approximate surface area is 145 Å². The Morgan fingerprint density at radius 1 is 1.00 bits per heavy atom. The summed E-state index contributed by atoms with van der Waals surface area (Å²) in [6, 6.07) is 15.3. The third-order valence-electron chi connectivity index (χ3n) is 3.78. The van der Waals surface area contributed by atoms with E-state index in [9.17, 15) is 0 Å². The minimum absolute atomic E-state index is 0.443. The molecule has 0 bridgehead atoms. The van der Waals surface area contributed by atoms with Crippen LogP contribution in [0.5, 0.6) is 0 Å². The van der Waals surface area contributed by atoms with Gasteiger partial charge in [-0.05, 0) is 60.6 Å². The van der Waals surface area contributed by atoms with Gasteiger partial charge in [0.25, 0.3) is 0 Å². The zero-order chi connectivity index (χ0) is 15.7. The van der Waals surface area contributed by atoms with E-state index in [-0.39, 0.29) is 0 Å². The van der Waals surface area contributed by atoms with Gasteiger partial charge in [-0.25, -0.2) is 5.01 Å². The number of halogens is 2. The van der Waals surface area contributed by atoms with Crippen molar-refractivity contribution in [1.29, 1.82) is 0 Å². The number of nitrogens with one attached hydrogen (secondary N) is 2. The van der Waals surface area contributed by atoms with Crippen molar-refractivity contribution < 1.29 is 0 Å². The normalized spacial score (nSPS) is 21.0. The van der Waals surface area contributed by atoms with Crippen LogP contribution in [-0.4, -0.2) is 5.11 Å². The molecule has 0 unspecified atom stereocenters. The van der Waals surface area contributed by atoms with Gasteiger partial charge in [0.05, 0.1) is 5.69 Å². The fourth-order valence-corrected chi connectivity index (χ4v) is 3.10. The minimum atomic E-state index is -0.443. The molecule has 6 heteroatoms. The largest absolute Gasteiger partial charge is 0.338 e. The molecular weight excluding hydrogens is 337 g/mol. The summed E-state index contributed by atoms with van der Waals surface area (Å²) < 4.78 is 0. The van der Waals surface area contributed by atoms with Crippen molar-refractivity contribution in [2.45, 2.75) is 19.0 Å². The number of hydrogen-bond acceptors (Lipinski definition) is 2. The maximum atomic E-state index is 5.99. The molecule has 1 saturated heterocycles. The van der Waals surface area contributed by atoms with Gasteiger partial charge in [0.2, 0.25) is 0 Å². The molecule has 114 valence electrons. The topological polar surface area (TPSA) is 27.3 Å². The van der Waals surface area contributed by atoms with Gasteiger partial charge in [-0.1, -0.05) is 42.3 Å². The first-order chi connectivity index (χ1) is 10.5. The Morgan fingerprint density at radius 2 is 1.55 bits per heavy atom. The van der Waals surface area contributed by atoms with Crippen molar-refractivity contribution >= 4 is 46.2 Å². The Bertz CT molecular complexity index is 688. The van der Waals surface area contributed by atoms with Gasteiger partial charge in [0, 0.05) is 10.0 Å². The fourth-order valence-electron chi connectivity index (χ4n) is 2.52. The minimum Gasteiger partial charge on any atom is -0.338 e. The highest BCUT2D eigenvalue weighted by molar-refractivity contribution is 7.80. The van der Waals surface area contributed by atoms with E-state index in [1.54, 1.807) is 0 Å². The van der Waals surface area contributed by atoms with Gasteiger partial charge >= 0.3 is 0 Å². The monoisotopic (exact) mass is 351 g/mol. The molecule has 2 N–H and O–H groups in total. The molecule has 1 aliphatic rings. The Kier molecular flexibility index (Phi) is 4.28. The van der Waals surface area contributed by atoms with Crippen LogP contribution in [0.15, 0.2) is 48.5 Å². The van der Waals surface area contributed by atoms with Crippen molar-refractivity contribution in [3.8, 4) is 0 Å². The summed E-state index contributed by atoms with van der Waals surface area (Å²) in [7, 11) is 0. The second-order valence-electron chi connectivity index (χ2n) is 5.12. The molecule has 0 saturated carbocycles. The maximum absolute atomic E-state index is 5.99. The standard InChI is InChI=1S/C16H15Cl2N3S/c1-2-16(11-3-5-12(17)6-4-11)19-15(22)21(20-16)14-9-7-13(18)8-10-14/h3-10,20H,2H2,1H3,(H,19,22)/t16-/m1/s1. The first kappa shape index (κ1) is 15.6. The van der Waals surface area contributed by atoms with E-state index >= 15 is 0 Å². The van der Waals surface area contributed by atoms with Crippen molar-refractivity contribution in [1.82, 2.24) is 10.7 Å². The number of anilines is 1. The molecule has 0 spiro atoms. The molecule has 1 aliphatic heterocycles. The summed E-state index contributed by atoms with van der Waals surface area (Å²) >= 11 is 17.4. The van der Waals surface area contributed by atoms with Crippen LogP contribution < -0.4 is 15.8 Å². The number of thiocarbonyl (C=S) groups is 1. The first-order valence-corrected chi connectivity index (χ1v) is 8.12. The zero-order valence-corrected chi connectivity index (χ0v) is 14.3. The number of hydrazine groups is 1. The van der Waals surface area contributed by atoms with Crippen LogP contribution in [0.25, 0.3) is 0 Å². The first-order valence-electron chi connectivity index (χ1n) is 6.96. The number of hydrogen-bond donors (Lipinski definition) is 2. The van der Waals surface area contributed by atoms with Gasteiger partial charge in [0.1, 0.15) is 5.66 Å². The van der Waals surface area contributed by atoms with Crippen LogP contribution in [-0.2, 0) is 5.66 Å². The molecule has 22 heavy (non-hydrogen) atoms. The molecule has 1 fully saturated rings. The highest BCUT2D eigenvalue weighted by Gasteiger charge is 2.40. The van der Waals surface area contributed by atoms with E-state index < -0.39 is 5.66 Å². The third kappa shape index (κ3) is 2.79. The predicted molar refractivity (Wildman–Crippen MR) is 96.2 cm³/mol. The molecule has 3 rings (SSSR count). The Hall–Kier alpha value is -1.33. The highest BCUT2D eigenvalue weighted by atomic mass is 35.5. The Balaban J connectivity index is 1.94. The molecule has 0 aliphatic carbocycles. The van der Waals surface area contributed by atoms with E-state index in [4.69, 9.17) is 35.4 Å². The molecule has 0 radical (unpaired) electrons. The van der Waals surface area contributed by atoms with E-state index in [0.717, 1.165) is 17.7 Å². The van der Waals surface area contributed by atoms with Crippen LogP contribution in [0, 0.1) is 0 Å². The fraction of sp³-hybridized carbons (Fsp3) is 0.188. The Morgan fingerprint density at radius 3 is 2.09 bits per heavy atom. The van der Waals surface area contributed by atoms with Gasteiger partial charge in [-0.3, -0.25) is 0 Å². The molecule has 2 aromatic rings. The summed E-state index contributed by atoms with van der Waals surface area (Å²) in [6.45, 7) is 2.10. The van der Waals surface area contributed by atoms with E-state index in [1.807, 2.05) is 53.5 Å². The lowest BCUT2D eigenvalue weighted by Crippen LogP contribution is -2.47. The number of rotatable bonds is 3. The van der Waals surface area contributed by atoms with Crippen molar-refractivity contribution in [3.05, 3.63) is 64.1 Å². The third-order valence-corrected chi connectivity index (χ3v) is 4.57. The van der Waals surface area contributed by atoms with Crippen molar-refractivity contribution in [3.63, 3.8) is 0 Å². The van der Waals surface area contributed by atoms with Crippen LogP contribution in [0.1, 0.15) is 18.9 Å². The molecule has 0 amide bonds. The van der Waals surface area contributed by atoms with Crippen LogP contribution in [0.3, 0.4) is 0 Å². The molecule has 2 aromatic carbocycles. The molecule has 0 aromatic heterocycles.